The molecule has 0 saturated heterocycles. The highest BCUT2D eigenvalue weighted by Crippen LogP contribution is 2.42. The van der Waals surface area contributed by atoms with Gasteiger partial charge in [0.25, 0.3) is 5.69 Å². The van der Waals surface area contributed by atoms with Crippen LogP contribution >= 0.6 is 0 Å². The monoisotopic (exact) mass is 417 g/mol. The van der Waals surface area contributed by atoms with Crippen molar-refractivity contribution in [3.05, 3.63) is 81.9 Å². The minimum absolute atomic E-state index is 0.0287. The summed E-state index contributed by atoms with van der Waals surface area (Å²) in [5.41, 5.74) is 5.85. The Balaban J connectivity index is 1.75. The van der Waals surface area contributed by atoms with Crippen molar-refractivity contribution in [2.75, 3.05) is 7.11 Å². The van der Waals surface area contributed by atoms with Gasteiger partial charge in [0.15, 0.2) is 12.3 Å². The zero-order chi connectivity index (χ0) is 22.3. The van der Waals surface area contributed by atoms with Crippen LogP contribution in [0.15, 0.2) is 60.7 Å². The largest absolute Gasteiger partial charge is 0.507 e. The van der Waals surface area contributed by atoms with Gasteiger partial charge in [-0.05, 0) is 55.3 Å². The SMILES string of the molecule is COc1ccc(-c2ccc3c(c2)C(C)(C)C(C)=[N+]3Cc2cc([N+](=O)[O-])ccc2O)cc1. The van der Waals surface area contributed by atoms with Crippen LogP contribution in [0.3, 0.4) is 0 Å². The molecular weight excluding hydrogens is 392 g/mol. The van der Waals surface area contributed by atoms with Gasteiger partial charge in [-0.2, -0.15) is 4.58 Å². The quantitative estimate of drug-likeness (QED) is 0.334. The van der Waals surface area contributed by atoms with Crippen molar-refractivity contribution in [1.82, 2.24) is 0 Å². The number of hydrogen-bond acceptors (Lipinski definition) is 4. The Morgan fingerprint density at radius 3 is 2.35 bits per heavy atom. The predicted octanol–water partition coefficient (Wildman–Crippen LogP) is 5.57. The summed E-state index contributed by atoms with van der Waals surface area (Å²) < 4.78 is 7.39. The standard InChI is InChI=1S/C25H24N2O4/c1-16-25(2,3)22-14-18(17-5-9-21(31-4)10-6-17)7-11-23(22)26(16)15-19-13-20(27(29)30)8-12-24(19)28/h5-14H,15H2,1-4H3/p+1. The average molecular weight is 417 g/mol. The van der Waals surface area contributed by atoms with Crippen LogP contribution < -0.4 is 4.74 Å². The summed E-state index contributed by atoms with van der Waals surface area (Å²) in [6.45, 7) is 6.78. The summed E-state index contributed by atoms with van der Waals surface area (Å²) in [6.07, 6.45) is 0. The Kier molecular flexibility index (Phi) is 5.01. The number of non-ortho nitro benzene ring substituents is 1. The molecule has 0 amide bonds. The van der Waals surface area contributed by atoms with Crippen LogP contribution in [0.2, 0.25) is 0 Å². The topological polar surface area (TPSA) is 75.6 Å². The zero-order valence-corrected chi connectivity index (χ0v) is 18.0. The second-order valence-corrected chi connectivity index (χ2v) is 8.33. The summed E-state index contributed by atoms with van der Waals surface area (Å²) >= 11 is 0. The fraction of sp³-hybridized carbons (Fsp3) is 0.240. The van der Waals surface area contributed by atoms with Gasteiger partial charge in [0.1, 0.15) is 11.5 Å². The molecule has 1 aliphatic rings. The third kappa shape index (κ3) is 3.54. The molecule has 0 spiro atoms. The molecule has 158 valence electrons. The molecule has 6 heteroatoms. The van der Waals surface area contributed by atoms with Crippen molar-refractivity contribution in [3.8, 4) is 22.6 Å². The van der Waals surface area contributed by atoms with Gasteiger partial charge in [-0.25, -0.2) is 0 Å². The average Bonchev–Trinajstić information content (AvgIpc) is 2.95. The third-order valence-electron chi connectivity index (χ3n) is 6.30. The van der Waals surface area contributed by atoms with E-state index in [9.17, 15) is 15.2 Å². The van der Waals surface area contributed by atoms with Crippen LogP contribution in [0.5, 0.6) is 11.5 Å². The molecule has 0 fully saturated rings. The Labute approximate surface area is 181 Å². The zero-order valence-electron chi connectivity index (χ0n) is 18.0. The number of ether oxygens (including phenoxy) is 1. The van der Waals surface area contributed by atoms with Gasteiger partial charge in [-0.3, -0.25) is 10.1 Å². The van der Waals surface area contributed by atoms with Gasteiger partial charge in [0, 0.05) is 30.7 Å². The number of phenolic OH excluding ortho intramolecular Hbond substituents is 1. The van der Waals surface area contributed by atoms with Gasteiger partial charge < -0.3 is 9.84 Å². The molecule has 0 saturated carbocycles. The second-order valence-electron chi connectivity index (χ2n) is 8.33. The first-order valence-corrected chi connectivity index (χ1v) is 10.1. The molecule has 4 rings (SSSR count). The van der Waals surface area contributed by atoms with Crippen molar-refractivity contribution >= 4 is 17.1 Å². The van der Waals surface area contributed by atoms with Crippen LogP contribution in [0.4, 0.5) is 11.4 Å². The smallest absolute Gasteiger partial charge is 0.270 e. The molecular formula is C25H25N2O4+. The van der Waals surface area contributed by atoms with Crippen molar-refractivity contribution in [2.24, 2.45) is 0 Å². The van der Waals surface area contributed by atoms with Gasteiger partial charge in [0.05, 0.1) is 23.0 Å². The van der Waals surface area contributed by atoms with E-state index in [0.717, 1.165) is 28.3 Å². The molecule has 1 aliphatic heterocycles. The Bertz CT molecular complexity index is 1210. The molecule has 0 atom stereocenters. The Morgan fingerprint density at radius 2 is 1.71 bits per heavy atom. The number of fused-ring (bicyclic) bond motifs is 1. The first-order chi connectivity index (χ1) is 14.7. The van der Waals surface area contributed by atoms with Crippen LogP contribution in [-0.2, 0) is 12.0 Å². The minimum atomic E-state index is -0.442. The van der Waals surface area contributed by atoms with Crippen LogP contribution in [0.25, 0.3) is 11.1 Å². The summed E-state index contributed by atoms with van der Waals surface area (Å²) in [5, 5.41) is 21.5. The van der Waals surface area contributed by atoms with E-state index in [0.29, 0.717) is 12.1 Å². The van der Waals surface area contributed by atoms with E-state index >= 15 is 0 Å². The van der Waals surface area contributed by atoms with Gasteiger partial charge >= 0.3 is 0 Å². The number of rotatable bonds is 5. The molecule has 1 N–H and O–H groups in total. The number of nitro groups is 1. The van der Waals surface area contributed by atoms with E-state index in [2.05, 4.69) is 43.5 Å². The second kappa shape index (κ2) is 7.54. The predicted molar refractivity (Wildman–Crippen MR) is 121 cm³/mol. The van der Waals surface area contributed by atoms with E-state index in [1.807, 2.05) is 24.3 Å². The maximum atomic E-state index is 11.2. The van der Waals surface area contributed by atoms with Crippen LogP contribution in [0.1, 0.15) is 31.9 Å². The number of phenols is 1. The Morgan fingerprint density at radius 1 is 1.03 bits per heavy atom. The highest BCUT2D eigenvalue weighted by Gasteiger charge is 2.43. The van der Waals surface area contributed by atoms with Crippen molar-refractivity contribution in [2.45, 2.75) is 32.7 Å². The van der Waals surface area contributed by atoms with E-state index in [4.69, 9.17) is 4.74 Å². The number of aromatic hydroxyl groups is 1. The first-order valence-electron chi connectivity index (χ1n) is 10.1. The normalized spacial score (nSPS) is 14.5. The van der Waals surface area contributed by atoms with Crippen molar-refractivity contribution in [3.63, 3.8) is 0 Å². The van der Waals surface area contributed by atoms with Crippen molar-refractivity contribution in [1.29, 1.82) is 0 Å². The van der Waals surface area contributed by atoms with Crippen LogP contribution in [0, 0.1) is 10.1 Å². The Hall–Kier alpha value is -3.67. The van der Waals surface area contributed by atoms with E-state index in [1.165, 1.54) is 23.8 Å². The lowest BCUT2D eigenvalue weighted by Gasteiger charge is -2.16. The van der Waals surface area contributed by atoms with Crippen LogP contribution in [-0.4, -0.2) is 27.4 Å². The third-order valence-corrected chi connectivity index (χ3v) is 6.30. The fourth-order valence-corrected chi connectivity index (χ4v) is 4.13. The maximum absolute atomic E-state index is 11.2. The summed E-state index contributed by atoms with van der Waals surface area (Å²) in [6, 6.07) is 18.5. The molecule has 0 unspecified atom stereocenters. The lowest BCUT2D eigenvalue weighted by molar-refractivity contribution is -0.456. The number of nitrogens with zero attached hydrogens (tertiary/aromatic N) is 2. The number of benzene rings is 3. The summed E-state index contributed by atoms with van der Waals surface area (Å²) in [4.78, 5) is 10.7. The van der Waals surface area contributed by atoms with E-state index in [-0.39, 0.29) is 16.9 Å². The molecule has 0 bridgehead atoms. The number of nitro benzene ring substituents is 1. The first kappa shape index (κ1) is 20.6. The summed E-state index contributed by atoms with van der Waals surface area (Å²) in [5.74, 6) is 0.872. The number of hydrogen-bond donors (Lipinski definition) is 1. The molecule has 1 heterocycles. The number of methoxy groups -OCH3 is 1. The molecule has 6 nitrogen and oxygen atoms in total. The van der Waals surface area contributed by atoms with Gasteiger partial charge in [-0.15, -0.1) is 0 Å². The lowest BCUT2D eigenvalue weighted by atomic mass is 9.81. The molecule has 3 aromatic rings. The molecule has 0 aromatic heterocycles. The molecule has 0 radical (unpaired) electrons. The highest BCUT2D eigenvalue weighted by molar-refractivity contribution is 5.94. The lowest BCUT2D eigenvalue weighted by Crippen LogP contribution is -2.26. The molecule has 3 aromatic carbocycles. The fourth-order valence-electron chi connectivity index (χ4n) is 4.13. The van der Waals surface area contributed by atoms with Gasteiger partial charge in [0.2, 0.25) is 5.69 Å². The minimum Gasteiger partial charge on any atom is -0.507 e. The van der Waals surface area contributed by atoms with E-state index < -0.39 is 4.92 Å². The van der Waals surface area contributed by atoms with Crippen molar-refractivity contribution < 1.29 is 19.3 Å². The molecule has 0 aliphatic carbocycles. The highest BCUT2D eigenvalue weighted by atomic mass is 16.6. The maximum Gasteiger partial charge on any atom is 0.270 e. The summed E-state index contributed by atoms with van der Waals surface area (Å²) in [7, 11) is 1.65. The van der Waals surface area contributed by atoms with E-state index in [1.54, 1.807) is 7.11 Å². The van der Waals surface area contributed by atoms with Gasteiger partial charge in [-0.1, -0.05) is 12.1 Å². The molecule has 31 heavy (non-hydrogen) atoms.